The Kier molecular flexibility index (Phi) is 11.1. The molecule has 46 heavy (non-hydrogen) atoms. The van der Waals surface area contributed by atoms with Gasteiger partial charge in [-0.05, 0) is 90.2 Å². The van der Waals surface area contributed by atoms with E-state index >= 15 is 0 Å². The molecule has 238 valence electrons. The van der Waals surface area contributed by atoms with Crippen LogP contribution in [0.4, 0.5) is 17.1 Å². The van der Waals surface area contributed by atoms with E-state index in [0.717, 1.165) is 34.0 Å². The lowest BCUT2D eigenvalue weighted by molar-refractivity contribution is -0.111. The molecule has 9 heteroatoms. The van der Waals surface area contributed by atoms with Crippen molar-refractivity contribution in [3.8, 4) is 11.1 Å². The highest BCUT2D eigenvalue weighted by Gasteiger charge is 2.17. The Hall–Kier alpha value is -5.28. The number of aromatic nitrogens is 1. The topological polar surface area (TPSA) is 110 Å². The van der Waals surface area contributed by atoms with Crippen LogP contribution in [0, 0.1) is 6.92 Å². The van der Waals surface area contributed by atoms with Crippen molar-refractivity contribution in [3.05, 3.63) is 124 Å². The van der Waals surface area contributed by atoms with E-state index in [2.05, 4.69) is 17.2 Å². The molecule has 1 aromatic heterocycles. The number of nitrogens with zero attached hydrogens (tertiary/aromatic N) is 2. The maximum absolute atomic E-state index is 13.3. The molecule has 0 unspecified atom stereocenters. The van der Waals surface area contributed by atoms with Gasteiger partial charge in [0.1, 0.15) is 0 Å². The molecule has 0 bridgehead atoms. The number of Topliss-reactive ketones (excluding diaryl/α,β-unsaturated/α-hetero) is 1. The van der Waals surface area contributed by atoms with Gasteiger partial charge in [-0.2, -0.15) is 0 Å². The standard InChI is InChI=1S/C37H40N4O5/c1-7-35(43)38-33-21-25(13-18-31(33)34(42)12-9-19-46-6)20-27-22-28(23-41(5)37(27)45)30-10-8-11-32(24(30)2)39-36(44)26-14-16-29(17-15-26)40(3)4/h7-8,10-11,13-18,21-23H,1,9,12,19-20H2,2-6H3,(H,38,43)(H,39,44). The van der Waals surface area contributed by atoms with E-state index in [0.29, 0.717) is 41.1 Å². The van der Waals surface area contributed by atoms with Crippen LogP contribution < -0.4 is 21.1 Å². The van der Waals surface area contributed by atoms with Crippen molar-refractivity contribution in [3.63, 3.8) is 0 Å². The first kappa shape index (κ1) is 33.6. The number of anilines is 3. The zero-order chi connectivity index (χ0) is 33.4. The molecule has 0 saturated carbocycles. The van der Waals surface area contributed by atoms with Crippen molar-refractivity contribution in [2.75, 3.05) is 43.3 Å². The minimum absolute atomic E-state index is 0.117. The number of aryl methyl sites for hydroxylation is 1. The van der Waals surface area contributed by atoms with Gasteiger partial charge in [-0.1, -0.05) is 24.8 Å². The maximum Gasteiger partial charge on any atom is 0.255 e. The summed E-state index contributed by atoms with van der Waals surface area (Å²) in [6.07, 6.45) is 4.02. The third-order valence-corrected chi connectivity index (χ3v) is 7.77. The van der Waals surface area contributed by atoms with Crippen LogP contribution in [0.1, 0.15) is 50.2 Å². The van der Waals surface area contributed by atoms with Crippen LogP contribution in [-0.4, -0.2) is 50.0 Å². The Morgan fingerprint density at radius 1 is 0.978 bits per heavy atom. The number of rotatable bonds is 13. The van der Waals surface area contributed by atoms with Gasteiger partial charge in [-0.15, -0.1) is 0 Å². The summed E-state index contributed by atoms with van der Waals surface area (Å²) >= 11 is 0. The molecule has 0 radical (unpaired) electrons. The quantitative estimate of drug-likeness (QED) is 0.108. The van der Waals surface area contributed by atoms with Crippen LogP contribution in [0.15, 0.2) is 90.4 Å². The number of nitrogens with one attached hydrogen (secondary N) is 2. The van der Waals surface area contributed by atoms with Gasteiger partial charge in [0.05, 0.1) is 5.69 Å². The average molecular weight is 621 g/mol. The van der Waals surface area contributed by atoms with Crippen molar-refractivity contribution in [2.45, 2.75) is 26.2 Å². The Balaban J connectivity index is 1.63. The molecular formula is C37H40N4O5. The highest BCUT2D eigenvalue weighted by Crippen LogP contribution is 2.30. The van der Waals surface area contributed by atoms with Crippen LogP contribution in [0.5, 0.6) is 0 Å². The number of benzene rings is 3. The molecule has 0 aliphatic rings. The van der Waals surface area contributed by atoms with Crippen molar-refractivity contribution in [2.24, 2.45) is 7.05 Å². The van der Waals surface area contributed by atoms with Crippen LogP contribution in [0.25, 0.3) is 11.1 Å². The third kappa shape index (κ3) is 8.05. The maximum atomic E-state index is 13.3. The fraction of sp³-hybridized carbons (Fsp3) is 0.243. The monoisotopic (exact) mass is 620 g/mol. The lowest BCUT2D eigenvalue weighted by Crippen LogP contribution is -2.21. The molecule has 4 aromatic rings. The normalized spacial score (nSPS) is 10.7. The van der Waals surface area contributed by atoms with Crippen molar-refractivity contribution < 1.29 is 19.1 Å². The first-order valence-corrected chi connectivity index (χ1v) is 15.0. The minimum atomic E-state index is -0.436. The second kappa shape index (κ2) is 15.1. The molecule has 0 fully saturated rings. The number of hydrogen-bond donors (Lipinski definition) is 2. The number of pyridine rings is 1. The lowest BCUT2D eigenvalue weighted by atomic mass is 9.96. The van der Waals surface area contributed by atoms with Gasteiger partial charge in [0.25, 0.3) is 11.5 Å². The van der Waals surface area contributed by atoms with Crippen molar-refractivity contribution in [1.82, 2.24) is 4.57 Å². The summed E-state index contributed by atoms with van der Waals surface area (Å²) in [5.41, 5.74) is 6.64. The van der Waals surface area contributed by atoms with E-state index in [1.807, 2.05) is 62.3 Å². The Morgan fingerprint density at radius 2 is 1.72 bits per heavy atom. The summed E-state index contributed by atoms with van der Waals surface area (Å²) in [6, 6.07) is 20.1. The number of carbonyl (C=O) groups is 3. The highest BCUT2D eigenvalue weighted by atomic mass is 16.5. The average Bonchev–Trinajstić information content (AvgIpc) is 3.04. The Labute approximate surface area is 269 Å². The number of carbonyl (C=O) groups excluding carboxylic acids is 3. The second-order valence-electron chi connectivity index (χ2n) is 11.3. The zero-order valence-corrected chi connectivity index (χ0v) is 27.0. The SMILES string of the molecule is C=CC(=O)Nc1cc(Cc2cc(-c3cccc(NC(=O)c4ccc(N(C)C)cc4)c3C)cn(C)c2=O)ccc1C(=O)CCCOC. The van der Waals surface area contributed by atoms with Gasteiger partial charge in [-0.25, -0.2) is 0 Å². The summed E-state index contributed by atoms with van der Waals surface area (Å²) in [5, 5.41) is 5.77. The molecule has 0 spiro atoms. The van der Waals surface area contributed by atoms with E-state index in [1.165, 1.54) is 4.57 Å². The number of hydrogen-bond acceptors (Lipinski definition) is 6. The number of ether oxygens (including phenoxy) is 1. The van der Waals surface area contributed by atoms with E-state index in [1.54, 1.807) is 50.7 Å². The van der Waals surface area contributed by atoms with Crippen LogP contribution in [-0.2, 0) is 23.0 Å². The van der Waals surface area contributed by atoms with Crippen LogP contribution in [0.3, 0.4) is 0 Å². The molecule has 0 saturated heterocycles. The third-order valence-electron chi connectivity index (χ3n) is 7.77. The second-order valence-corrected chi connectivity index (χ2v) is 11.3. The molecule has 0 aliphatic heterocycles. The fourth-order valence-corrected chi connectivity index (χ4v) is 5.21. The van der Waals surface area contributed by atoms with E-state index in [-0.39, 0.29) is 30.1 Å². The van der Waals surface area contributed by atoms with E-state index < -0.39 is 5.91 Å². The van der Waals surface area contributed by atoms with Gasteiger partial charge >= 0.3 is 0 Å². The molecular weight excluding hydrogens is 580 g/mol. The molecule has 0 atom stereocenters. The number of methoxy groups -OCH3 is 1. The number of amides is 2. The van der Waals surface area contributed by atoms with Gasteiger partial charge in [0.15, 0.2) is 5.78 Å². The largest absolute Gasteiger partial charge is 0.385 e. The molecule has 1 heterocycles. The van der Waals surface area contributed by atoms with Gasteiger partial charge in [-0.3, -0.25) is 19.2 Å². The van der Waals surface area contributed by atoms with Crippen molar-refractivity contribution in [1.29, 1.82) is 0 Å². The first-order chi connectivity index (χ1) is 22.0. The zero-order valence-electron chi connectivity index (χ0n) is 27.0. The van der Waals surface area contributed by atoms with Crippen LogP contribution >= 0.6 is 0 Å². The number of ketones is 1. The molecule has 2 N–H and O–H groups in total. The van der Waals surface area contributed by atoms with Crippen molar-refractivity contribution >= 4 is 34.7 Å². The lowest BCUT2D eigenvalue weighted by Gasteiger charge is -2.16. The highest BCUT2D eigenvalue weighted by molar-refractivity contribution is 6.07. The molecule has 9 nitrogen and oxygen atoms in total. The predicted molar refractivity (Wildman–Crippen MR) is 184 cm³/mol. The molecule has 2 amide bonds. The molecule has 3 aromatic carbocycles. The summed E-state index contributed by atoms with van der Waals surface area (Å²) in [6.45, 7) is 5.90. The van der Waals surface area contributed by atoms with Gasteiger partial charge in [0, 0.05) is 82.0 Å². The first-order valence-electron chi connectivity index (χ1n) is 15.0. The minimum Gasteiger partial charge on any atom is -0.385 e. The van der Waals surface area contributed by atoms with E-state index in [9.17, 15) is 19.2 Å². The smallest absolute Gasteiger partial charge is 0.255 e. The fourth-order valence-electron chi connectivity index (χ4n) is 5.21. The summed E-state index contributed by atoms with van der Waals surface area (Å²) in [5.74, 6) is -0.769. The summed E-state index contributed by atoms with van der Waals surface area (Å²) in [4.78, 5) is 53.4. The molecule has 0 aliphatic carbocycles. The predicted octanol–water partition coefficient (Wildman–Crippen LogP) is 6.00. The van der Waals surface area contributed by atoms with Gasteiger partial charge < -0.3 is 24.8 Å². The van der Waals surface area contributed by atoms with Gasteiger partial charge in [0.2, 0.25) is 5.91 Å². The summed E-state index contributed by atoms with van der Waals surface area (Å²) in [7, 11) is 7.17. The Bertz CT molecular complexity index is 1820. The Morgan fingerprint density at radius 3 is 2.39 bits per heavy atom. The van der Waals surface area contributed by atoms with Crippen LogP contribution in [0.2, 0.25) is 0 Å². The summed E-state index contributed by atoms with van der Waals surface area (Å²) < 4.78 is 6.60. The van der Waals surface area contributed by atoms with E-state index in [4.69, 9.17) is 4.74 Å². The molecule has 4 rings (SSSR count).